The number of aromatic nitrogens is 1. The van der Waals surface area contributed by atoms with Crippen molar-refractivity contribution in [3.8, 4) is 5.75 Å². The van der Waals surface area contributed by atoms with Crippen LogP contribution in [0.3, 0.4) is 0 Å². The average Bonchev–Trinajstić information content (AvgIpc) is 3.47. The van der Waals surface area contributed by atoms with Crippen LogP contribution in [0.15, 0.2) is 12.3 Å². The van der Waals surface area contributed by atoms with Crippen molar-refractivity contribution in [3.05, 3.63) is 17.8 Å². The molecular weight excluding hydrogens is 330 g/mol. The van der Waals surface area contributed by atoms with Gasteiger partial charge >= 0.3 is 6.09 Å². The van der Waals surface area contributed by atoms with E-state index in [4.69, 9.17) is 14.5 Å². The minimum absolute atomic E-state index is 0.233. The van der Waals surface area contributed by atoms with Gasteiger partial charge in [-0.25, -0.2) is 9.78 Å². The van der Waals surface area contributed by atoms with Gasteiger partial charge in [0.05, 0.1) is 6.10 Å². The molecule has 4 rings (SSSR count). The summed E-state index contributed by atoms with van der Waals surface area (Å²) in [6.07, 6.45) is 6.93. The molecule has 1 amide bonds. The topological polar surface area (TPSA) is 54.9 Å². The summed E-state index contributed by atoms with van der Waals surface area (Å²) in [7, 11) is 0. The Bertz CT molecular complexity index is 669. The van der Waals surface area contributed by atoms with Crippen LogP contribution >= 0.6 is 0 Å². The van der Waals surface area contributed by atoms with Crippen molar-refractivity contribution in [2.24, 2.45) is 0 Å². The van der Waals surface area contributed by atoms with E-state index in [-0.39, 0.29) is 6.09 Å². The molecule has 0 aromatic carbocycles. The van der Waals surface area contributed by atoms with Crippen molar-refractivity contribution in [2.75, 3.05) is 31.1 Å². The molecule has 0 radical (unpaired) electrons. The fourth-order valence-electron chi connectivity index (χ4n) is 3.21. The van der Waals surface area contributed by atoms with E-state index in [2.05, 4.69) is 11.0 Å². The second-order valence-electron chi connectivity index (χ2n) is 8.64. The Labute approximate surface area is 155 Å². The molecule has 3 aliphatic rings. The second kappa shape index (κ2) is 6.63. The van der Waals surface area contributed by atoms with Crippen molar-refractivity contribution in [1.82, 2.24) is 9.88 Å². The molecule has 2 aliphatic carbocycles. The first-order chi connectivity index (χ1) is 12.4. The minimum atomic E-state index is -0.459. The molecule has 142 valence electrons. The number of carbonyl (C=O) groups is 1. The molecule has 1 aliphatic heterocycles. The molecule has 0 bridgehead atoms. The quantitative estimate of drug-likeness (QED) is 0.823. The van der Waals surface area contributed by atoms with Crippen LogP contribution in [0.25, 0.3) is 0 Å². The molecule has 2 heterocycles. The normalized spacial score (nSPS) is 20.9. The highest BCUT2D eigenvalue weighted by Gasteiger charge is 2.31. The Hall–Kier alpha value is -1.98. The van der Waals surface area contributed by atoms with Gasteiger partial charge in [-0.3, -0.25) is 0 Å². The zero-order chi connectivity index (χ0) is 18.3. The zero-order valence-corrected chi connectivity index (χ0v) is 16.0. The van der Waals surface area contributed by atoms with Gasteiger partial charge in [0.25, 0.3) is 0 Å². The number of piperazine rings is 1. The van der Waals surface area contributed by atoms with Crippen molar-refractivity contribution >= 4 is 11.9 Å². The van der Waals surface area contributed by atoms with Crippen LogP contribution in [0.5, 0.6) is 5.75 Å². The lowest BCUT2D eigenvalue weighted by atomic mass is 10.2. The van der Waals surface area contributed by atoms with Crippen molar-refractivity contribution in [1.29, 1.82) is 0 Å². The molecule has 0 unspecified atom stereocenters. The van der Waals surface area contributed by atoms with Gasteiger partial charge in [-0.2, -0.15) is 0 Å². The Balaban J connectivity index is 1.42. The molecule has 26 heavy (non-hydrogen) atoms. The smallest absolute Gasteiger partial charge is 0.410 e. The summed E-state index contributed by atoms with van der Waals surface area (Å²) in [6, 6.07) is 2.19. The zero-order valence-electron chi connectivity index (χ0n) is 16.0. The van der Waals surface area contributed by atoms with E-state index in [1.54, 1.807) is 4.90 Å². The van der Waals surface area contributed by atoms with Gasteiger partial charge < -0.3 is 19.3 Å². The first-order valence-electron chi connectivity index (χ1n) is 9.78. The van der Waals surface area contributed by atoms with Crippen molar-refractivity contribution < 1.29 is 14.3 Å². The highest BCUT2D eigenvalue weighted by molar-refractivity contribution is 5.68. The lowest BCUT2D eigenvalue weighted by molar-refractivity contribution is 0.0240. The third kappa shape index (κ3) is 4.22. The van der Waals surface area contributed by atoms with Crippen molar-refractivity contribution in [2.45, 2.75) is 64.1 Å². The van der Waals surface area contributed by atoms with Crippen LogP contribution in [0.4, 0.5) is 10.6 Å². The van der Waals surface area contributed by atoms with E-state index in [9.17, 15) is 4.79 Å². The van der Waals surface area contributed by atoms with Gasteiger partial charge in [0.15, 0.2) is 11.6 Å². The molecule has 6 heteroatoms. The summed E-state index contributed by atoms with van der Waals surface area (Å²) < 4.78 is 11.6. The molecule has 1 aromatic heterocycles. The lowest BCUT2D eigenvalue weighted by Gasteiger charge is -2.36. The molecule has 3 fully saturated rings. The summed E-state index contributed by atoms with van der Waals surface area (Å²) in [4.78, 5) is 21.0. The number of hydrogen-bond donors (Lipinski definition) is 0. The summed E-state index contributed by atoms with van der Waals surface area (Å²) in [5.41, 5.74) is 0.844. The Morgan fingerprint density at radius 1 is 1.12 bits per heavy atom. The Morgan fingerprint density at radius 2 is 1.81 bits per heavy atom. The van der Waals surface area contributed by atoms with Crippen LogP contribution < -0.4 is 9.64 Å². The summed E-state index contributed by atoms with van der Waals surface area (Å²) in [5.74, 6) is 2.51. The van der Waals surface area contributed by atoms with E-state index in [0.717, 1.165) is 37.5 Å². The van der Waals surface area contributed by atoms with Crippen LogP contribution in [0.1, 0.15) is 57.9 Å². The largest absolute Gasteiger partial charge is 0.487 e. The number of rotatable bonds is 4. The highest BCUT2D eigenvalue weighted by atomic mass is 16.6. The number of carbonyl (C=O) groups excluding carboxylic acids is 1. The van der Waals surface area contributed by atoms with Crippen LogP contribution in [-0.4, -0.2) is 53.9 Å². The van der Waals surface area contributed by atoms with E-state index in [0.29, 0.717) is 25.1 Å². The predicted octanol–water partition coefficient (Wildman–Crippen LogP) is 3.56. The van der Waals surface area contributed by atoms with E-state index < -0.39 is 5.60 Å². The molecule has 0 N–H and O–H groups in total. The summed E-state index contributed by atoms with van der Waals surface area (Å²) in [5, 5.41) is 0. The fourth-order valence-corrected chi connectivity index (χ4v) is 3.21. The first-order valence-corrected chi connectivity index (χ1v) is 9.78. The van der Waals surface area contributed by atoms with Gasteiger partial charge in [-0.15, -0.1) is 0 Å². The third-order valence-electron chi connectivity index (χ3n) is 4.95. The average molecular weight is 359 g/mol. The summed E-state index contributed by atoms with van der Waals surface area (Å²) >= 11 is 0. The van der Waals surface area contributed by atoms with E-state index >= 15 is 0 Å². The van der Waals surface area contributed by atoms with Crippen molar-refractivity contribution in [3.63, 3.8) is 0 Å². The molecular formula is C20H29N3O3. The molecule has 1 saturated heterocycles. The number of anilines is 1. The number of hydrogen-bond acceptors (Lipinski definition) is 5. The maximum Gasteiger partial charge on any atom is 0.410 e. The molecule has 0 spiro atoms. The minimum Gasteiger partial charge on any atom is -0.487 e. The standard InChI is InChI=1S/C20H29N3O3/c1-20(2,3)26-19(24)23-10-8-22(9-11-23)18-17(25-16-6-7-16)12-15(13-21-18)14-4-5-14/h12-14,16H,4-11H2,1-3H3. The lowest BCUT2D eigenvalue weighted by Crippen LogP contribution is -2.50. The predicted molar refractivity (Wildman–Crippen MR) is 99.9 cm³/mol. The van der Waals surface area contributed by atoms with Gasteiger partial charge in [-0.1, -0.05) is 0 Å². The SMILES string of the molecule is CC(C)(C)OC(=O)N1CCN(c2ncc(C3CC3)cc2OC2CC2)CC1. The number of amides is 1. The second-order valence-corrected chi connectivity index (χ2v) is 8.64. The number of nitrogens with zero attached hydrogens (tertiary/aromatic N) is 3. The van der Waals surface area contributed by atoms with Gasteiger partial charge in [0, 0.05) is 32.4 Å². The molecule has 0 atom stereocenters. The monoisotopic (exact) mass is 359 g/mol. The summed E-state index contributed by atoms with van der Waals surface area (Å²) in [6.45, 7) is 8.47. The van der Waals surface area contributed by atoms with Crippen LogP contribution in [-0.2, 0) is 4.74 Å². The number of pyridine rings is 1. The van der Waals surface area contributed by atoms with E-state index in [1.807, 2.05) is 27.0 Å². The molecule has 1 aromatic rings. The van der Waals surface area contributed by atoms with Gasteiger partial charge in [0.1, 0.15) is 5.60 Å². The highest BCUT2D eigenvalue weighted by Crippen LogP contribution is 2.43. The molecule has 2 saturated carbocycles. The maximum absolute atomic E-state index is 12.2. The van der Waals surface area contributed by atoms with Gasteiger partial charge in [0.2, 0.25) is 0 Å². The van der Waals surface area contributed by atoms with Crippen LogP contribution in [0.2, 0.25) is 0 Å². The Kier molecular flexibility index (Phi) is 4.45. The number of ether oxygens (including phenoxy) is 2. The first kappa shape index (κ1) is 17.4. The van der Waals surface area contributed by atoms with E-state index in [1.165, 1.54) is 18.4 Å². The Morgan fingerprint density at radius 3 is 2.38 bits per heavy atom. The fraction of sp³-hybridized carbons (Fsp3) is 0.700. The molecule has 6 nitrogen and oxygen atoms in total. The van der Waals surface area contributed by atoms with Gasteiger partial charge in [-0.05, 0) is 64.0 Å². The third-order valence-corrected chi connectivity index (χ3v) is 4.95. The maximum atomic E-state index is 12.2. The van der Waals surface area contributed by atoms with Crippen LogP contribution in [0, 0.1) is 0 Å².